The van der Waals surface area contributed by atoms with Gasteiger partial charge in [0, 0.05) is 26.2 Å². The van der Waals surface area contributed by atoms with E-state index in [0.717, 1.165) is 18.2 Å². The number of piperazine rings is 1. The first-order valence-electron chi connectivity index (χ1n) is 7.26. The van der Waals surface area contributed by atoms with E-state index in [4.69, 9.17) is 12.2 Å². The number of nitrogens with one attached hydrogen (secondary N) is 1. The SMILES string of the molecule is CN1CCN(C(=S)NC2CCCCC2)C(C)(C)C1=O. The van der Waals surface area contributed by atoms with Crippen LogP contribution in [-0.2, 0) is 4.79 Å². The minimum absolute atomic E-state index is 0.145. The van der Waals surface area contributed by atoms with Crippen molar-refractivity contribution in [1.29, 1.82) is 0 Å². The summed E-state index contributed by atoms with van der Waals surface area (Å²) in [5.41, 5.74) is -0.536. The molecule has 108 valence electrons. The summed E-state index contributed by atoms with van der Waals surface area (Å²) in [6, 6.07) is 0.492. The Balaban J connectivity index is 1.99. The monoisotopic (exact) mass is 283 g/mol. The third kappa shape index (κ3) is 3.02. The van der Waals surface area contributed by atoms with E-state index >= 15 is 0 Å². The molecule has 19 heavy (non-hydrogen) atoms. The Kier molecular flexibility index (Phi) is 4.33. The molecule has 0 atom stereocenters. The Morgan fingerprint density at radius 1 is 1.26 bits per heavy atom. The number of nitrogens with zero attached hydrogens (tertiary/aromatic N) is 2. The molecular weight excluding hydrogens is 258 g/mol. The van der Waals surface area contributed by atoms with Gasteiger partial charge in [0.1, 0.15) is 5.54 Å². The van der Waals surface area contributed by atoms with Crippen molar-refractivity contribution >= 4 is 23.2 Å². The van der Waals surface area contributed by atoms with Crippen LogP contribution in [0.5, 0.6) is 0 Å². The van der Waals surface area contributed by atoms with E-state index in [0.29, 0.717) is 6.04 Å². The summed E-state index contributed by atoms with van der Waals surface area (Å²) >= 11 is 5.54. The van der Waals surface area contributed by atoms with Gasteiger partial charge in [0.25, 0.3) is 0 Å². The van der Waals surface area contributed by atoms with Crippen LogP contribution >= 0.6 is 12.2 Å². The van der Waals surface area contributed by atoms with E-state index in [1.54, 1.807) is 4.90 Å². The molecule has 4 nitrogen and oxygen atoms in total. The van der Waals surface area contributed by atoms with Gasteiger partial charge in [-0.1, -0.05) is 19.3 Å². The summed E-state index contributed by atoms with van der Waals surface area (Å²) in [7, 11) is 1.86. The lowest BCUT2D eigenvalue weighted by Gasteiger charge is -2.46. The Morgan fingerprint density at radius 3 is 2.53 bits per heavy atom. The van der Waals surface area contributed by atoms with Crippen molar-refractivity contribution in [3.8, 4) is 0 Å². The zero-order valence-corrected chi connectivity index (χ0v) is 13.1. The summed E-state index contributed by atoms with van der Waals surface area (Å²) in [5.74, 6) is 0.145. The summed E-state index contributed by atoms with van der Waals surface area (Å²) < 4.78 is 0. The van der Waals surface area contributed by atoms with Gasteiger partial charge in [0.15, 0.2) is 5.11 Å². The molecule has 1 aliphatic carbocycles. The highest BCUT2D eigenvalue weighted by atomic mass is 32.1. The van der Waals surface area contributed by atoms with Gasteiger partial charge in [-0.25, -0.2) is 0 Å². The molecule has 2 fully saturated rings. The normalized spacial score (nSPS) is 24.5. The molecular formula is C14H25N3OS. The van der Waals surface area contributed by atoms with Gasteiger partial charge in [0.2, 0.25) is 5.91 Å². The zero-order chi connectivity index (χ0) is 14.0. The third-order valence-electron chi connectivity index (χ3n) is 4.38. The van der Waals surface area contributed by atoms with Crippen LogP contribution in [0.3, 0.4) is 0 Å². The van der Waals surface area contributed by atoms with E-state index < -0.39 is 5.54 Å². The molecule has 0 aromatic carbocycles. The van der Waals surface area contributed by atoms with Crippen LogP contribution in [0.2, 0.25) is 0 Å². The standard InChI is InChI=1S/C14H25N3OS/c1-14(2)12(18)16(3)9-10-17(14)13(19)15-11-7-5-4-6-8-11/h11H,4-10H2,1-3H3,(H,15,19). The van der Waals surface area contributed by atoms with Crippen LogP contribution in [0.15, 0.2) is 0 Å². The van der Waals surface area contributed by atoms with Gasteiger partial charge < -0.3 is 15.1 Å². The Bertz CT molecular complexity index is 364. The summed E-state index contributed by atoms with van der Waals surface area (Å²) in [6.07, 6.45) is 6.30. The quantitative estimate of drug-likeness (QED) is 0.744. The first-order valence-corrected chi connectivity index (χ1v) is 7.67. The fraction of sp³-hybridized carbons (Fsp3) is 0.857. The highest BCUT2D eigenvalue weighted by Crippen LogP contribution is 2.23. The van der Waals surface area contributed by atoms with Crippen LogP contribution < -0.4 is 5.32 Å². The van der Waals surface area contributed by atoms with Gasteiger partial charge in [-0.3, -0.25) is 4.79 Å². The highest BCUT2D eigenvalue weighted by Gasteiger charge is 2.41. The number of likely N-dealkylation sites (N-methyl/N-ethyl adjacent to an activating group) is 1. The number of hydrogen-bond acceptors (Lipinski definition) is 2. The average molecular weight is 283 g/mol. The number of carbonyl (C=O) groups is 1. The van der Waals surface area contributed by atoms with Gasteiger partial charge in [-0.2, -0.15) is 0 Å². The largest absolute Gasteiger partial charge is 0.360 e. The molecule has 1 N–H and O–H groups in total. The molecule has 0 unspecified atom stereocenters. The minimum Gasteiger partial charge on any atom is -0.360 e. The minimum atomic E-state index is -0.536. The van der Waals surface area contributed by atoms with Crippen LogP contribution in [0.1, 0.15) is 46.0 Å². The molecule has 5 heteroatoms. The fourth-order valence-corrected chi connectivity index (χ4v) is 3.55. The van der Waals surface area contributed by atoms with Crippen molar-refractivity contribution in [3.05, 3.63) is 0 Å². The molecule has 0 spiro atoms. The van der Waals surface area contributed by atoms with E-state index in [9.17, 15) is 4.79 Å². The van der Waals surface area contributed by atoms with Crippen LogP contribution in [-0.4, -0.2) is 52.5 Å². The first-order chi connectivity index (χ1) is 8.93. The van der Waals surface area contributed by atoms with Crippen molar-refractivity contribution in [2.45, 2.75) is 57.5 Å². The maximum absolute atomic E-state index is 12.3. The van der Waals surface area contributed by atoms with Crippen molar-refractivity contribution < 1.29 is 4.79 Å². The van der Waals surface area contributed by atoms with Crippen LogP contribution in [0.4, 0.5) is 0 Å². The number of rotatable bonds is 1. The summed E-state index contributed by atoms with van der Waals surface area (Å²) in [4.78, 5) is 16.1. The molecule has 2 aliphatic rings. The molecule has 0 radical (unpaired) electrons. The second-order valence-corrected chi connectivity index (χ2v) is 6.61. The average Bonchev–Trinajstić information content (AvgIpc) is 2.37. The number of carbonyl (C=O) groups excluding carboxylic acids is 1. The lowest BCUT2D eigenvalue weighted by Crippen LogP contribution is -2.65. The molecule has 1 saturated carbocycles. The predicted octanol–water partition coefficient (Wildman–Crippen LogP) is 1.75. The highest BCUT2D eigenvalue weighted by molar-refractivity contribution is 7.80. The maximum Gasteiger partial charge on any atom is 0.247 e. The number of thiocarbonyl (C=S) groups is 1. The molecule has 1 aliphatic heterocycles. The first kappa shape index (κ1) is 14.6. The number of hydrogen-bond donors (Lipinski definition) is 1. The lowest BCUT2D eigenvalue weighted by molar-refractivity contribution is -0.143. The predicted molar refractivity (Wildman–Crippen MR) is 81.0 cm³/mol. The van der Waals surface area contributed by atoms with Gasteiger partial charge in [0.05, 0.1) is 0 Å². The van der Waals surface area contributed by atoms with Crippen molar-refractivity contribution in [2.24, 2.45) is 0 Å². The Morgan fingerprint density at radius 2 is 1.89 bits per heavy atom. The molecule has 0 bridgehead atoms. The van der Waals surface area contributed by atoms with E-state index in [1.165, 1.54) is 32.1 Å². The van der Waals surface area contributed by atoms with E-state index in [1.807, 2.05) is 20.9 Å². The Hall–Kier alpha value is -0.840. The summed E-state index contributed by atoms with van der Waals surface area (Å²) in [6.45, 7) is 5.47. The molecule has 2 rings (SSSR count). The second kappa shape index (κ2) is 5.65. The van der Waals surface area contributed by atoms with E-state index in [2.05, 4.69) is 10.2 Å². The lowest BCUT2D eigenvalue weighted by atomic mass is 9.95. The van der Waals surface area contributed by atoms with Crippen molar-refractivity contribution in [2.75, 3.05) is 20.1 Å². The van der Waals surface area contributed by atoms with Gasteiger partial charge >= 0.3 is 0 Å². The second-order valence-electron chi connectivity index (χ2n) is 6.22. The topological polar surface area (TPSA) is 35.6 Å². The third-order valence-corrected chi connectivity index (χ3v) is 4.72. The van der Waals surface area contributed by atoms with Crippen molar-refractivity contribution in [3.63, 3.8) is 0 Å². The van der Waals surface area contributed by atoms with Crippen LogP contribution in [0.25, 0.3) is 0 Å². The zero-order valence-electron chi connectivity index (χ0n) is 12.2. The van der Waals surface area contributed by atoms with Gasteiger partial charge in [-0.15, -0.1) is 0 Å². The summed E-state index contributed by atoms with van der Waals surface area (Å²) in [5, 5.41) is 4.21. The molecule has 0 aromatic rings. The van der Waals surface area contributed by atoms with Crippen molar-refractivity contribution in [1.82, 2.24) is 15.1 Å². The smallest absolute Gasteiger partial charge is 0.247 e. The maximum atomic E-state index is 12.3. The molecule has 0 aromatic heterocycles. The number of amides is 1. The fourth-order valence-electron chi connectivity index (χ4n) is 3.07. The molecule has 1 heterocycles. The van der Waals surface area contributed by atoms with E-state index in [-0.39, 0.29) is 5.91 Å². The van der Waals surface area contributed by atoms with Crippen LogP contribution in [0, 0.1) is 0 Å². The Labute approximate surface area is 121 Å². The van der Waals surface area contributed by atoms with Gasteiger partial charge in [-0.05, 0) is 38.9 Å². The molecule has 1 amide bonds. The molecule has 1 saturated heterocycles.